The van der Waals surface area contributed by atoms with E-state index in [-0.39, 0.29) is 22.9 Å². The van der Waals surface area contributed by atoms with Gasteiger partial charge >= 0.3 is 5.97 Å². The first-order chi connectivity index (χ1) is 12.7. The van der Waals surface area contributed by atoms with Crippen molar-refractivity contribution in [3.63, 3.8) is 0 Å². The highest BCUT2D eigenvalue weighted by atomic mass is 16.6. The van der Waals surface area contributed by atoms with E-state index in [4.69, 9.17) is 9.47 Å². The highest BCUT2D eigenvalue weighted by molar-refractivity contribution is 5.93. The summed E-state index contributed by atoms with van der Waals surface area (Å²) >= 11 is 0. The Morgan fingerprint density at radius 3 is 3.08 bits per heavy atom. The van der Waals surface area contributed by atoms with Gasteiger partial charge in [-0.3, -0.25) is 4.90 Å². The summed E-state index contributed by atoms with van der Waals surface area (Å²) in [5, 5.41) is 3.63. The van der Waals surface area contributed by atoms with E-state index >= 15 is 0 Å². The van der Waals surface area contributed by atoms with Gasteiger partial charge in [-0.05, 0) is 37.4 Å². The molecular weight excluding hydrogens is 328 g/mol. The van der Waals surface area contributed by atoms with Crippen LogP contribution < -0.4 is 5.32 Å². The predicted molar refractivity (Wildman–Crippen MR) is 96.8 cm³/mol. The maximum Gasteiger partial charge on any atom is 0.335 e. The van der Waals surface area contributed by atoms with Crippen LogP contribution in [0.2, 0.25) is 0 Å². The van der Waals surface area contributed by atoms with Gasteiger partial charge in [0.15, 0.2) is 0 Å². The zero-order chi connectivity index (χ0) is 17.7. The molecule has 3 fully saturated rings. The third-order valence-corrected chi connectivity index (χ3v) is 7.74. The summed E-state index contributed by atoms with van der Waals surface area (Å²) in [7, 11) is 1.49. The maximum absolute atomic E-state index is 12.8. The third-order valence-electron chi connectivity index (χ3n) is 7.74. The van der Waals surface area contributed by atoms with Gasteiger partial charge in [0.2, 0.25) is 0 Å². The number of rotatable bonds is 2. The molecule has 3 saturated heterocycles. The van der Waals surface area contributed by atoms with E-state index in [1.807, 2.05) is 0 Å². The van der Waals surface area contributed by atoms with Gasteiger partial charge < -0.3 is 14.8 Å². The molecule has 26 heavy (non-hydrogen) atoms. The van der Waals surface area contributed by atoms with Crippen LogP contribution in [0.25, 0.3) is 0 Å². The Balaban J connectivity index is 1.66. The molecule has 1 aliphatic carbocycles. The topological polar surface area (TPSA) is 54.1 Å². The number of epoxide rings is 1. The van der Waals surface area contributed by atoms with Crippen molar-refractivity contribution in [2.75, 3.05) is 25.5 Å². The summed E-state index contributed by atoms with van der Waals surface area (Å²) in [6.45, 7) is 4.36. The van der Waals surface area contributed by atoms with Crippen LogP contribution in [-0.2, 0) is 19.7 Å². The molecule has 0 unspecified atom stereocenters. The Morgan fingerprint density at radius 2 is 2.27 bits per heavy atom. The molecule has 0 amide bonds. The van der Waals surface area contributed by atoms with E-state index in [2.05, 4.69) is 41.4 Å². The minimum Gasteiger partial charge on any atom is -0.466 e. The number of nitrogens with zero attached hydrogens (tertiary/aromatic N) is 1. The van der Waals surface area contributed by atoms with Crippen molar-refractivity contribution in [2.45, 2.75) is 49.9 Å². The quantitative estimate of drug-likeness (QED) is 0.654. The van der Waals surface area contributed by atoms with Gasteiger partial charge in [-0.25, -0.2) is 4.79 Å². The molecule has 5 heteroatoms. The molecule has 0 aromatic heterocycles. The number of hydrogen-bond donors (Lipinski definition) is 1. The van der Waals surface area contributed by atoms with Crippen LogP contribution in [0.3, 0.4) is 0 Å². The van der Waals surface area contributed by atoms with E-state index in [0.29, 0.717) is 12.1 Å². The second-order valence-corrected chi connectivity index (χ2v) is 8.49. The summed E-state index contributed by atoms with van der Waals surface area (Å²) < 4.78 is 11.4. The molecule has 1 aromatic carbocycles. The molecule has 6 rings (SSSR count). The SMILES string of the molecule is CC[C@]12CC(C(=O)OC)=C3Nc4ccccc4[C@@]34CCN(C[C@H]3O[C@H]31)[C@H]24. The summed E-state index contributed by atoms with van der Waals surface area (Å²) in [6, 6.07) is 8.97. The van der Waals surface area contributed by atoms with Gasteiger partial charge in [-0.1, -0.05) is 25.1 Å². The Morgan fingerprint density at radius 1 is 1.42 bits per heavy atom. The van der Waals surface area contributed by atoms with Gasteiger partial charge in [0, 0.05) is 29.4 Å². The van der Waals surface area contributed by atoms with Crippen molar-refractivity contribution in [1.29, 1.82) is 0 Å². The average molecular weight is 352 g/mol. The van der Waals surface area contributed by atoms with Gasteiger partial charge in [0.25, 0.3) is 0 Å². The van der Waals surface area contributed by atoms with E-state index in [9.17, 15) is 4.79 Å². The number of nitrogens with one attached hydrogen (secondary N) is 1. The first-order valence-corrected chi connectivity index (χ1v) is 9.73. The lowest BCUT2D eigenvalue weighted by atomic mass is 9.53. The fourth-order valence-electron chi connectivity index (χ4n) is 6.80. The minimum absolute atomic E-state index is 0.00836. The molecular formula is C21H24N2O3. The normalized spacial score (nSPS) is 41.7. The Labute approximate surface area is 153 Å². The number of ether oxygens (including phenoxy) is 2. The third kappa shape index (κ3) is 1.50. The average Bonchev–Trinajstić information content (AvgIpc) is 3.25. The molecule has 1 spiro atoms. The van der Waals surface area contributed by atoms with Crippen molar-refractivity contribution in [1.82, 2.24) is 4.90 Å². The van der Waals surface area contributed by atoms with Crippen LogP contribution in [0, 0.1) is 5.41 Å². The van der Waals surface area contributed by atoms with Gasteiger partial charge in [-0.2, -0.15) is 0 Å². The number of esters is 1. The molecule has 5 aliphatic rings. The molecule has 0 radical (unpaired) electrons. The second kappa shape index (κ2) is 4.70. The van der Waals surface area contributed by atoms with Gasteiger partial charge in [0.05, 0.1) is 30.3 Å². The lowest BCUT2D eigenvalue weighted by molar-refractivity contribution is -0.137. The first kappa shape index (κ1) is 15.2. The van der Waals surface area contributed by atoms with Crippen molar-refractivity contribution < 1.29 is 14.3 Å². The summed E-state index contributed by atoms with van der Waals surface area (Å²) in [6.07, 6.45) is 3.44. The van der Waals surface area contributed by atoms with Crippen molar-refractivity contribution in [3.05, 3.63) is 41.1 Å². The molecule has 1 aromatic rings. The van der Waals surface area contributed by atoms with E-state index in [1.54, 1.807) is 0 Å². The van der Waals surface area contributed by atoms with E-state index in [0.717, 1.165) is 49.3 Å². The van der Waals surface area contributed by atoms with Crippen LogP contribution in [-0.4, -0.2) is 49.3 Å². The van der Waals surface area contributed by atoms with Crippen LogP contribution in [0.4, 0.5) is 5.69 Å². The molecule has 0 bridgehead atoms. The van der Waals surface area contributed by atoms with Crippen LogP contribution in [0.15, 0.2) is 35.5 Å². The summed E-state index contributed by atoms with van der Waals surface area (Å²) in [5.41, 5.74) is 4.29. The zero-order valence-electron chi connectivity index (χ0n) is 15.2. The van der Waals surface area contributed by atoms with Crippen molar-refractivity contribution in [2.24, 2.45) is 5.41 Å². The minimum atomic E-state index is -0.188. The number of anilines is 1. The van der Waals surface area contributed by atoms with Crippen LogP contribution >= 0.6 is 0 Å². The standard InChI is InChI=1S/C21H24N2O3/c1-3-20-10-12(18(24)25-2)16-21(13-6-4-5-7-14(13)22-16)8-9-23(19(20)21)11-15-17(20)26-15/h4-7,15,17,19,22H,3,8-11H2,1-2H3/t15-,17-,19-,20+,21+/m1/s1. The number of para-hydroxylation sites is 1. The zero-order valence-corrected chi connectivity index (χ0v) is 15.2. The first-order valence-electron chi connectivity index (χ1n) is 9.73. The number of methoxy groups -OCH3 is 1. The number of fused-ring (bicyclic) bond motifs is 3. The molecule has 1 N–H and O–H groups in total. The fourth-order valence-corrected chi connectivity index (χ4v) is 6.80. The molecule has 4 heterocycles. The molecule has 5 atom stereocenters. The predicted octanol–water partition coefficient (Wildman–Crippen LogP) is 2.43. The maximum atomic E-state index is 12.8. The Bertz CT molecular complexity index is 865. The van der Waals surface area contributed by atoms with Crippen molar-refractivity contribution in [3.8, 4) is 0 Å². The summed E-state index contributed by atoms with van der Waals surface area (Å²) in [4.78, 5) is 15.5. The number of hydrogen-bond acceptors (Lipinski definition) is 5. The number of carbonyl (C=O) groups is 1. The number of benzene rings is 1. The Hall–Kier alpha value is -1.85. The lowest BCUT2D eigenvalue weighted by Gasteiger charge is -2.54. The number of carbonyl (C=O) groups excluding carboxylic acids is 1. The van der Waals surface area contributed by atoms with E-state index in [1.165, 1.54) is 12.7 Å². The highest BCUT2D eigenvalue weighted by Gasteiger charge is 2.73. The summed E-state index contributed by atoms with van der Waals surface area (Å²) in [5.74, 6) is -0.188. The van der Waals surface area contributed by atoms with Gasteiger partial charge in [-0.15, -0.1) is 0 Å². The Kier molecular flexibility index (Phi) is 2.75. The largest absolute Gasteiger partial charge is 0.466 e. The molecule has 5 nitrogen and oxygen atoms in total. The highest BCUT2D eigenvalue weighted by Crippen LogP contribution is 2.68. The molecule has 136 valence electrons. The van der Waals surface area contributed by atoms with Crippen LogP contribution in [0.1, 0.15) is 31.7 Å². The second-order valence-electron chi connectivity index (χ2n) is 8.49. The number of piperidine rings is 1. The van der Waals surface area contributed by atoms with Crippen molar-refractivity contribution >= 4 is 11.7 Å². The van der Waals surface area contributed by atoms with Gasteiger partial charge in [0.1, 0.15) is 0 Å². The fraction of sp³-hybridized carbons (Fsp3) is 0.571. The van der Waals surface area contributed by atoms with Crippen LogP contribution in [0.5, 0.6) is 0 Å². The molecule has 4 aliphatic heterocycles. The molecule has 0 saturated carbocycles. The smallest absolute Gasteiger partial charge is 0.335 e. The van der Waals surface area contributed by atoms with E-state index < -0.39 is 0 Å². The lowest BCUT2D eigenvalue weighted by Crippen LogP contribution is -2.63. The monoisotopic (exact) mass is 352 g/mol.